The Bertz CT molecular complexity index is 603. The molecule has 1 fully saturated rings. The molecular formula is C12H16N2O4S2. The average molecular weight is 316 g/mol. The zero-order valence-electron chi connectivity index (χ0n) is 10.7. The van der Waals surface area contributed by atoms with Crippen LogP contribution < -0.4 is 5.73 Å². The van der Waals surface area contributed by atoms with Gasteiger partial charge in [0.15, 0.2) is 0 Å². The Kier molecular flexibility index (Phi) is 4.71. The second kappa shape index (κ2) is 6.15. The fraction of sp³-hybridized carbons (Fsp3) is 0.417. The van der Waals surface area contributed by atoms with E-state index in [1.807, 2.05) is 0 Å². The second-order valence-electron chi connectivity index (χ2n) is 4.42. The standard InChI is InChI=1S/C12H16N2O4S2/c13-12(19)9-2-1-3-11(6-9)20(16,17)14-4-5-18-8-10(14)7-15/h1-3,6,10,15H,4-5,7-8H2,(H2,13,19). The molecule has 0 aromatic heterocycles. The first-order valence-corrected chi connectivity index (χ1v) is 7.92. The van der Waals surface area contributed by atoms with Gasteiger partial charge in [0.05, 0.1) is 30.8 Å². The van der Waals surface area contributed by atoms with Crippen molar-refractivity contribution in [1.29, 1.82) is 0 Å². The number of nitrogens with two attached hydrogens (primary N) is 1. The summed E-state index contributed by atoms with van der Waals surface area (Å²) in [7, 11) is -3.70. The highest BCUT2D eigenvalue weighted by molar-refractivity contribution is 7.89. The molecule has 0 radical (unpaired) electrons. The van der Waals surface area contributed by atoms with Crippen molar-refractivity contribution in [3.63, 3.8) is 0 Å². The fourth-order valence-electron chi connectivity index (χ4n) is 2.05. The van der Waals surface area contributed by atoms with Crippen LogP contribution in [0.1, 0.15) is 5.56 Å². The van der Waals surface area contributed by atoms with Crippen LogP contribution >= 0.6 is 12.2 Å². The Morgan fingerprint density at radius 1 is 1.55 bits per heavy atom. The summed E-state index contributed by atoms with van der Waals surface area (Å²) in [6, 6.07) is 5.62. The molecule has 1 aliphatic heterocycles. The van der Waals surface area contributed by atoms with Crippen molar-refractivity contribution in [3.8, 4) is 0 Å². The predicted molar refractivity (Wildman–Crippen MR) is 77.9 cm³/mol. The summed E-state index contributed by atoms with van der Waals surface area (Å²) in [5.41, 5.74) is 6.02. The van der Waals surface area contributed by atoms with E-state index < -0.39 is 16.1 Å². The number of ether oxygens (including phenoxy) is 1. The van der Waals surface area contributed by atoms with Crippen molar-refractivity contribution in [3.05, 3.63) is 29.8 Å². The Labute approximate surface area is 123 Å². The van der Waals surface area contributed by atoms with E-state index in [1.54, 1.807) is 12.1 Å². The third kappa shape index (κ3) is 2.99. The summed E-state index contributed by atoms with van der Waals surface area (Å²) in [4.78, 5) is 0.255. The lowest BCUT2D eigenvalue weighted by molar-refractivity contribution is 0.0109. The number of morpholine rings is 1. The zero-order chi connectivity index (χ0) is 14.8. The molecule has 1 unspecified atom stereocenters. The summed E-state index contributed by atoms with van der Waals surface area (Å²) in [5, 5.41) is 9.29. The van der Waals surface area contributed by atoms with Crippen molar-refractivity contribution in [2.75, 3.05) is 26.4 Å². The van der Waals surface area contributed by atoms with Crippen LogP contribution in [0.25, 0.3) is 0 Å². The van der Waals surface area contributed by atoms with E-state index in [0.29, 0.717) is 12.2 Å². The number of aliphatic hydroxyl groups excluding tert-OH is 1. The molecule has 0 spiro atoms. The molecule has 0 bridgehead atoms. The first kappa shape index (κ1) is 15.3. The van der Waals surface area contributed by atoms with Gasteiger partial charge in [-0.15, -0.1) is 0 Å². The van der Waals surface area contributed by atoms with Crippen molar-refractivity contribution >= 4 is 27.2 Å². The lowest BCUT2D eigenvalue weighted by atomic mass is 10.2. The van der Waals surface area contributed by atoms with Crippen LogP contribution in [-0.2, 0) is 14.8 Å². The maximum absolute atomic E-state index is 12.6. The summed E-state index contributed by atoms with van der Waals surface area (Å²) in [5.74, 6) is 0. The second-order valence-corrected chi connectivity index (χ2v) is 6.75. The number of rotatable bonds is 4. The molecule has 1 aromatic carbocycles. The third-order valence-electron chi connectivity index (χ3n) is 3.11. The van der Waals surface area contributed by atoms with Crippen molar-refractivity contribution in [1.82, 2.24) is 4.31 Å². The van der Waals surface area contributed by atoms with E-state index in [9.17, 15) is 13.5 Å². The van der Waals surface area contributed by atoms with E-state index in [2.05, 4.69) is 0 Å². The molecule has 1 aromatic rings. The third-order valence-corrected chi connectivity index (χ3v) is 5.29. The van der Waals surface area contributed by atoms with Gasteiger partial charge in [-0.3, -0.25) is 0 Å². The molecule has 1 aliphatic rings. The van der Waals surface area contributed by atoms with Crippen molar-refractivity contribution in [2.24, 2.45) is 5.73 Å². The highest BCUT2D eigenvalue weighted by Gasteiger charge is 2.33. The number of hydrogen-bond donors (Lipinski definition) is 2. The van der Waals surface area contributed by atoms with E-state index in [-0.39, 0.29) is 29.6 Å². The highest BCUT2D eigenvalue weighted by atomic mass is 32.2. The molecule has 1 saturated heterocycles. The molecule has 3 N–H and O–H groups in total. The van der Waals surface area contributed by atoms with Crippen LogP contribution in [0, 0.1) is 0 Å². The number of aliphatic hydroxyl groups is 1. The Hall–Kier alpha value is -1.06. The SMILES string of the molecule is NC(=S)c1cccc(S(=O)(=O)N2CCOCC2CO)c1. The number of thiocarbonyl (C=S) groups is 1. The minimum absolute atomic E-state index is 0.114. The molecule has 1 heterocycles. The van der Waals surface area contributed by atoms with Crippen LogP contribution in [-0.4, -0.2) is 55.2 Å². The van der Waals surface area contributed by atoms with E-state index in [0.717, 1.165) is 0 Å². The summed E-state index contributed by atoms with van der Waals surface area (Å²) in [6.45, 7) is 0.425. The first-order valence-electron chi connectivity index (χ1n) is 6.07. The molecular weight excluding hydrogens is 300 g/mol. The fourth-order valence-corrected chi connectivity index (χ4v) is 3.80. The van der Waals surface area contributed by atoms with Crippen molar-refractivity contribution < 1.29 is 18.3 Å². The lowest BCUT2D eigenvalue weighted by Crippen LogP contribution is -2.50. The Morgan fingerprint density at radius 3 is 2.95 bits per heavy atom. The lowest BCUT2D eigenvalue weighted by Gasteiger charge is -2.33. The van der Waals surface area contributed by atoms with Gasteiger partial charge < -0.3 is 15.6 Å². The number of hydrogen-bond acceptors (Lipinski definition) is 5. The molecule has 2 rings (SSSR count). The van der Waals surface area contributed by atoms with E-state index in [1.165, 1.54) is 16.4 Å². The highest BCUT2D eigenvalue weighted by Crippen LogP contribution is 2.21. The quantitative estimate of drug-likeness (QED) is 0.741. The van der Waals surface area contributed by atoms with Gasteiger partial charge in [0.1, 0.15) is 4.99 Å². The summed E-state index contributed by atoms with van der Waals surface area (Å²) < 4.78 is 31.7. The molecule has 1 atom stereocenters. The maximum Gasteiger partial charge on any atom is 0.243 e. The van der Waals surface area contributed by atoms with Gasteiger partial charge in [-0.25, -0.2) is 8.42 Å². The Balaban J connectivity index is 2.38. The maximum atomic E-state index is 12.6. The summed E-state index contributed by atoms with van der Waals surface area (Å²) in [6.07, 6.45) is 0. The normalized spacial score (nSPS) is 20.8. The van der Waals surface area contributed by atoms with Crippen molar-refractivity contribution in [2.45, 2.75) is 10.9 Å². The smallest absolute Gasteiger partial charge is 0.243 e. The largest absolute Gasteiger partial charge is 0.395 e. The van der Waals surface area contributed by atoms with Crippen LogP contribution in [0.3, 0.4) is 0 Å². The first-order chi connectivity index (χ1) is 9.46. The summed E-state index contributed by atoms with van der Waals surface area (Å²) >= 11 is 4.86. The monoisotopic (exact) mass is 316 g/mol. The molecule has 0 saturated carbocycles. The predicted octanol–water partition coefficient (Wildman–Crippen LogP) is -0.297. The topological polar surface area (TPSA) is 92.9 Å². The van der Waals surface area contributed by atoms with Gasteiger partial charge in [-0.1, -0.05) is 24.4 Å². The van der Waals surface area contributed by atoms with Crippen LogP contribution in [0.2, 0.25) is 0 Å². The van der Waals surface area contributed by atoms with Crippen LogP contribution in [0.15, 0.2) is 29.2 Å². The van der Waals surface area contributed by atoms with Crippen LogP contribution in [0.5, 0.6) is 0 Å². The molecule has 110 valence electrons. The Morgan fingerprint density at radius 2 is 2.30 bits per heavy atom. The molecule has 6 nitrogen and oxygen atoms in total. The number of benzene rings is 1. The minimum atomic E-state index is -3.70. The molecule has 0 amide bonds. The molecule has 8 heteroatoms. The van der Waals surface area contributed by atoms with Gasteiger partial charge in [0, 0.05) is 12.1 Å². The van der Waals surface area contributed by atoms with Gasteiger partial charge in [0.25, 0.3) is 0 Å². The average Bonchev–Trinajstić information content (AvgIpc) is 2.47. The number of sulfonamides is 1. The molecule has 0 aliphatic carbocycles. The van der Waals surface area contributed by atoms with Gasteiger partial charge in [-0.2, -0.15) is 4.31 Å². The van der Waals surface area contributed by atoms with Crippen LogP contribution in [0.4, 0.5) is 0 Å². The van der Waals surface area contributed by atoms with Gasteiger partial charge >= 0.3 is 0 Å². The van der Waals surface area contributed by atoms with E-state index >= 15 is 0 Å². The molecule has 20 heavy (non-hydrogen) atoms. The van der Waals surface area contributed by atoms with Gasteiger partial charge in [-0.05, 0) is 12.1 Å². The number of nitrogens with zero attached hydrogens (tertiary/aromatic N) is 1. The van der Waals surface area contributed by atoms with Gasteiger partial charge in [0.2, 0.25) is 10.0 Å². The van der Waals surface area contributed by atoms with E-state index in [4.69, 9.17) is 22.7 Å². The zero-order valence-corrected chi connectivity index (χ0v) is 12.4. The minimum Gasteiger partial charge on any atom is -0.395 e.